The Morgan fingerprint density at radius 1 is 0.452 bits per heavy atom. The monoisotopic (exact) mass is 881 g/mol. The molecule has 0 bridgehead atoms. The Labute approximate surface area is 382 Å². The molecule has 6 unspecified atom stereocenters. The zero-order valence-corrected chi connectivity index (χ0v) is 42.3. The summed E-state index contributed by atoms with van der Waals surface area (Å²) in [5, 5.41) is 0. The summed E-state index contributed by atoms with van der Waals surface area (Å²) >= 11 is 0. The Morgan fingerprint density at radius 3 is 1.53 bits per heavy atom. The average Bonchev–Trinajstić information content (AvgIpc) is 3.22. The summed E-state index contributed by atoms with van der Waals surface area (Å²) in [6.07, 6.45) is 27.2. The minimum atomic E-state index is -0.472. The molecule has 366 valence electrons. The van der Waals surface area contributed by atoms with Crippen molar-refractivity contribution in [2.24, 2.45) is 23.7 Å². The van der Waals surface area contributed by atoms with Crippen LogP contribution in [0, 0.1) is 23.7 Å². The van der Waals surface area contributed by atoms with Crippen molar-refractivity contribution in [3.63, 3.8) is 0 Å². The molecule has 0 amide bonds. The molecule has 0 saturated heterocycles. The van der Waals surface area contributed by atoms with Crippen LogP contribution >= 0.6 is 0 Å². The van der Waals surface area contributed by atoms with E-state index in [1.54, 1.807) is 6.92 Å². The fourth-order valence-corrected chi connectivity index (χ4v) is 8.57. The maximum absolute atomic E-state index is 13.5. The molecule has 0 heterocycles. The summed E-state index contributed by atoms with van der Waals surface area (Å²) in [6.45, 7) is 14.5. The Balaban J connectivity index is 5.86. The molecule has 0 radical (unpaired) electrons. The maximum atomic E-state index is 13.5. The lowest BCUT2D eigenvalue weighted by Crippen LogP contribution is -2.26. The average molecular weight is 881 g/mol. The van der Waals surface area contributed by atoms with Crippen LogP contribution in [-0.4, -0.2) is 100 Å². The molecule has 10 nitrogen and oxygen atoms in total. The third kappa shape index (κ3) is 35.2. The van der Waals surface area contributed by atoms with Crippen LogP contribution in [0.25, 0.3) is 0 Å². The number of unbranched alkanes of at least 4 members (excludes halogenated alkanes) is 11. The quantitative estimate of drug-likeness (QED) is 0.0333. The van der Waals surface area contributed by atoms with Crippen LogP contribution in [0.4, 0.5) is 0 Å². The second kappa shape index (κ2) is 40.3. The van der Waals surface area contributed by atoms with Crippen molar-refractivity contribution >= 4 is 23.9 Å². The van der Waals surface area contributed by atoms with Crippen molar-refractivity contribution in [2.75, 3.05) is 54.5 Å². The zero-order chi connectivity index (χ0) is 46.4. The molecule has 0 N–H and O–H groups in total. The highest BCUT2D eigenvalue weighted by Crippen LogP contribution is 2.37. The largest absolute Gasteiger partial charge is 0.462 e. The molecule has 6 atom stereocenters. The van der Waals surface area contributed by atoms with Crippen LogP contribution in [0.5, 0.6) is 0 Å². The molecule has 0 rings (SSSR count). The van der Waals surface area contributed by atoms with Crippen LogP contribution in [0.15, 0.2) is 0 Å². The van der Waals surface area contributed by atoms with Crippen molar-refractivity contribution in [2.45, 2.75) is 234 Å². The number of esters is 4. The molecule has 0 spiro atoms. The van der Waals surface area contributed by atoms with Gasteiger partial charge in [0.25, 0.3) is 0 Å². The lowest BCUT2D eigenvalue weighted by atomic mass is 9.74. The van der Waals surface area contributed by atoms with Crippen molar-refractivity contribution in [1.82, 2.24) is 9.80 Å². The van der Waals surface area contributed by atoms with Gasteiger partial charge in [-0.15, -0.1) is 0 Å². The van der Waals surface area contributed by atoms with Crippen molar-refractivity contribution < 1.29 is 38.1 Å². The number of carbonyl (C=O) groups excluding carboxylic acids is 4. The molecule has 10 heteroatoms. The summed E-state index contributed by atoms with van der Waals surface area (Å²) in [7, 11) is 8.02. The Morgan fingerprint density at radius 2 is 0.919 bits per heavy atom. The number of carbonyl (C=O) groups is 4. The van der Waals surface area contributed by atoms with Crippen LogP contribution in [0.3, 0.4) is 0 Å². The predicted molar refractivity (Wildman–Crippen MR) is 256 cm³/mol. The van der Waals surface area contributed by atoms with E-state index >= 15 is 0 Å². The molecular formula is C52H100N2O8. The van der Waals surface area contributed by atoms with Crippen LogP contribution in [0.2, 0.25) is 0 Å². The van der Waals surface area contributed by atoms with Gasteiger partial charge in [-0.2, -0.15) is 0 Å². The van der Waals surface area contributed by atoms with Gasteiger partial charge in [0.15, 0.2) is 0 Å². The van der Waals surface area contributed by atoms with E-state index in [-0.39, 0.29) is 48.9 Å². The van der Waals surface area contributed by atoms with Gasteiger partial charge < -0.3 is 28.7 Å². The normalized spacial score (nSPS) is 14.6. The minimum Gasteiger partial charge on any atom is -0.462 e. The number of hydrogen-bond donors (Lipinski definition) is 0. The third-order valence-corrected chi connectivity index (χ3v) is 12.3. The molecule has 0 aromatic carbocycles. The maximum Gasteiger partial charge on any atom is 0.309 e. The van der Waals surface area contributed by atoms with Crippen LogP contribution < -0.4 is 0 Å². The number of nitrogens with zero attached hydrogens (tertiary/aromatic N) is 2. The molecule has 0 aliphatic rings. The molecule has 0 fully saturated rings. The van der Waals surface area contributed by atoms with Crippen LogP contribution in [-0.2, 0) is 38.1 Å². The van der Waals surface area contributed by atoms with Crippen molar-refractivity contribution in [1.29, 1.82) is 0 Å². The molecule has 0 aliphatic heterocycles. The predicted octanol–water partition coefficient (Wildman–Crippen LogP) is 12.5. The van der Waals surface area contributed by atoms with Gasteiger partial charge in [0.1, 0.15) is 25.4 Å². The summed E-state index contributed by atoms with van der Waals surface area (Å²) < 4.78 is 22.7. The van der Waals surface area contributed by atoms with E-state index in [0.29, 0.717) is 31.1 Å². The standard InChI is InChI=1S/C52H100N2O8/c1-11-15-19-21-23-29-45(40-51(57)59-41-43(5)61-49(55)35-25-26-37-53(7)8)39-48(32-22-17-13-3)46(31-24-20-16-12-2)33-27-34-47(30-18-14-4)52(58)60-42-44(6)62-50(56)36-28-38-54(9)10/h43-48H,11-42H2,1-10H3. The number of hydrogen-bond acceptors (Lipinski definition) is 10. The lowest BCUT2D eigenvalue weighted by Gasteiger charge is -2.31. The first-order chi connectivity index (χ1) is 29.8. The Kier molecular flexibility index (Phi) is 38.9. The van der Waals surface area contributed by atoms with E-state index in [4.69, 9.17) is 18.9 Å². The van der Waals surface area contributed by atoms with Gasteiger partial charge in [-0.05, 0) is 118 Å². The van der Waals surface area contributed by atoms with Crippen molar-refractivity contribution in [3.8, 4) is 0 Å². The number of rotatable bonds is 43. The SMILES string of the molecule is CCCCCCCC(CC(=O)OCC(C)OC(=O)CCCCN(C)C)CC(CCCCC)C(CCCCCC)CCCC(CCCC)C(=O)OCC(C)OC(=O)CCCN(C)C. The minimum absolute atomic E-state index is 0.0874. The molecule has 62 heavy (non-hydrogen) atoms. The van der Waals surface area contributed by atoms with E-state index in [9.17, 15) is 19.2 Å². The molecule has 0 aliphatic carbocycles. The summed E-state index contributed by atoms with van der Waals surface area (Å²) in [5.41, 5.74) is 0. The van der Waals surface area contributed by atoms with E-state index in [2.05, 4.69) is 32.6 Å². The Bertz CT molecular complexity index is 1100. The van der Waals surface area contributed by atoms with Gasteiger partial charge in [0.2, 0.25) is 0 Å². The van der Waals surface area contributed by atoms with E-state index in [1.165, 1.54) is 83.5 Å². The lowest BCUT2D eigenvalue weighted by molar-refractivity contribution is -0.160. The molecule has 0 saturated carbocycles. The fraction of sp³-hybridized carbons (Fsp3) is 0.923. The topological polar surface area (TPSA) is 112 Å². The highest BCUT2D eigenvalue weighted by atomic mass is 16.6. The van der Waals surface area contributed by atoms with E-state index < -0.39 is 12.2 Å². The second-order valence-electron chi connectivity index (χ2n) is 19.2. The van der Waals surface area contributed by atoms with Crippen molar-refractivity contribution in [3.05, 3.63) is 0 Å². The fourth-order valence-electron chi connectivity index (χ4n) is 8.57. The van der Waals surface area contributed by atoms with Gasteiger partial charge >= 0.3 is 23.9 Å². The van der Waals surface area contributed by atoms with Gasteiger partial charge in [0.05, 0.1) is 5.92 Å². The van der Waals surface area contributed by atoms with E-state index in [0.717, 1.165) is 90.1 Å². The van der Waals surface area contributed by atoms with Gasteiger partial charge in [-0.25, -0.2) is 0 Å². The Hall–Kier alpha value is -2.20. The second-order valence-corrected chi connectivity index (χ2v) is 19.2. The first-order valence-electron chi connectivity index (χ1n) is 25.8. The highest BCUT2D eigenvalue weighted by molar-refractivity contribution is 5.72. The third-order valence-electron chi connectivity index (χ3n) is 12.3. The van der Waals surface area contributed by atoms with Gasteiger partial charge in [-0.1, -0.05) is 143 Å². The summed E-state index contributed by atoms with van der Waals surface area (Å²) in [5.74, 6) is 0.305. The first-order valence-corrected chi connectivity index (χ1v) is 25.8. The smallest absolute Gasteiger partial charge is 0.309 e. The zero-order valence-electron chi connectivity index (χ0n) is 42.3. The molecular weight excluding hydrogens is 781 g/mol. The van der Waals surface area contributed by atoms with Gasteiger partial charge in [-0.3, -0.25) is 19.2 Å². The molecule has 0 aromatic heterocycles. The first kappa shape index (κ1) is 59.8. The van der Waals surface area contributed by atoms with E-state index in [1.807, 2.05) is 40.0 Å². The molecule has 0 aromatic rings. The highest BCUT2D eigenvalue weighted by Gasteiger charge is 2.28. The van der Waals surface area contributed by atoms with Gasteiger partial charge in [0, 0.05) is 19.3 Å². The summed E-state index contributed by atoms with van der Waals surface area (Å²) in [4.78, 5) is 55.9. The summed E-state index contributed by atoms with van der Waals surface area (Å²) in [6, 6.07) is 0. The van der Waals surface area contributed by atoms with Crippen LogP contribution in [0.1, 0.15) is 221 Å². The number of ether oxygens (including phenoxy) is 4.